The summed E-state index contributed by atoms with van der Waals surface area (Å²) in [4.78, 5) is 11.7. The van der Waals surface area contributed by atoms with Gasteiger partial charge in [0.2, 0.25) is 0 Å². The molecule has 0 aliphatic heterocycles. The second-order valence-electron chi connectivity index (χ2n) is 4.72. The molecule has 0 saturated carbocycles. The molecule has 0 spiro atoms. The highest BCUT2D eigenvalue weighted by atomic mass is 127. The van der Waals surface area contributed by atoms with E-state index in [4.69, 9.17) is 4.74 Å². The molecular weight excluding hydrogens is 422 g/mol. The van der Waals surface area contributed by atoms with Gasteiger partial charge in [-0.25, -0.2) is 0 Å². The zero-order chi connectivity index (χ0) is 16.9. The highest BCUT2D eigenvalue weighted by Gasteiger charge is 2.30. The predicted octanol–water partition coefficient (Wildman–Crippen LogP) is 4.01. The van der Waals surface area contributed by atoms with Crippen molar-refractivity contribution in [3.05, 3.63) is 63.2 Å². The van der Waals surface area contributed by atoms with Gasteiger partial charge in [-0.15, -0.1) is 0 Å². The first kappa shape index (κ1) is 17.6. The van der Waals surface area contributed by atoms with Crippen LogP contribution in [0.15, 0.2) is 48.5 Å². The molecular formula is C16H13F3INO2. The van der Waals surface area contributed by atoms with E-state index >= 15 is 0 Å². The standard InChI is InChI=1S/C16H13F3INO2/c17-16(18,19)12-3-1-2-11(8-12)9-21-15(22)10-23-14-6-4-13(20)5-7-14/h1-8H,9-10H2,(H,21,22). The fourth-order valence-corrected chi connectivity index (χ4v) is 2.15. The Morgan fingerprint density at radius 2 is 1.83 bits per heavy atom. The van der Waals surface area contributed by atoms with Gasteiger partial charge in [-0.05, 0) is 64.6 Å². The van der Waals surface area contributed by atoms with Crippen molar-refractivity contribution in [2.24, 2.45) is 0 Å². The van der Waals surface area contributed by atoms with E-state index in [1.165, 1.54) is 12.1 Å². The van der Waals surface area contributed by atoms with Crippen LogP contribution in [-0.4, -0.2) is 12.5 Å². The Morgan fingerprint density at radius 3 is 2.48 bits per heavy atom. The molecule has 0 heterocycles. The number of ether oxygens (including phenoxy) is 1. The summed E-state index contributed by atoms with van der Waals surface area (Å²) in [7, 11) is 0. The normalized spacial score (nSPS) is 11.1. The lowest BCUT2D eigenvalue weighted by Gasteiger charge is -2.10. The molecule has 2 aromatic rings. The molecule has 3 nitrogen and oxygen atoms in total. The minimum absolute atomic E-state index is 0.0127. The maximum Gasteiger partial charge on any atom is 0.416 e. The number of carbonyl (C=O) groups excluding carboxylic acids is 1. The van der Waals surface area contributed by atoms with Gasteiger partial charge in [0, 0.05) is 10.1 Å². The first-order valence-corrected chi connectivity index (χ1v) is 7.73. The number of benzene rings is 2. The maximum absolute atomic E-state index is 12.6. The van der Waals surface area contributed by atoms with E-state index in [0.29, 0.717) is 11.3 Å². The van der Waals surface area contributed by atoms with E-state index in [9.17, 15) is 18.0 Å². The minimum Gasteiger partial charge on any atom is -0.484 e. The van der Waals surface area contributed by atoms with Gasteiger partial charge in [0.25, 0.3) is 5.91 Å². The lowest BCUT2D eigenvalue weighted by atomic mass is 10.1. The number of halogens is 4. The monoisotopic (exact) mass is 435 g/mol. The summed E-state index contributed by atoms with van der Waals surface area (Å²) in [6.45, 7) is -0.182. The maximum atomic E-state index is 12.6. The van der Waals surface area contributed by atoms with Gasteiger partial charge < -0.3 is 10.1 Å². The molecule has 0 unspecified atom stereocenters. The van der Waals surface area contributed by atoms with Crippen LogP contribution in [0.2, 0.25) is 0 Å². The average Bonchev–Trinajstić information content (AvgIpc) is 2.52. The van der Waals surface area contributed by atoms with Crippen molar-refractivity contribution in [3.63, 3.8) is 0 Å². The Kier molecular flexibility index (Phi) is 5.86. The SMILES string of the molecule is O=C(COc1ccc(I)cc1)NCc1cccc(C(F)(F)F)c1. The number of carbonyl (C=O) groups is 1. The molecule has 2 rings (SSSR count). The highest BCUT2D eigenvalue weighted by molar-refractivity contribution is 14.1. The number of nitrogens with one attached hydrogen (secondary N) is 1. The molecule has 7 heteroatoms. The Morgan fingerprint density at radius 1 is 1.13 bits per heavy atom. The first-order chi connectivity index (χ1) is 10.8. The van der Waals surface area contributed by atoms with Crippen LogP contribution in [0.4, 0.5) is 13.2 Å². The van der Waals surface area contributed by atoms with Gasteiger partial charge in [-0.3, -0.25) is 4.79 Å². The summed E-state index contributed by atoms with van der Waals surface area (Å²) < 4.78 is 44.1. The van der Waals surface area contributed by atoms with Crippen molar-refractivity contribution in [1.82, 2.24) is 5.32 Å². The molecule has 0 aliphatic rings. The molecule has 23 heavy (non-hydrogen) atoms. The summed E-state index contributed by atoms with van der Waals surface area (Å²) in [5.41, 5.74) is -0.359. The van der Waals surface area contributed by atoms with Crippen LogP contribution in [0, 0.1) is 3.57 Å². The molecule has 0 atom stereocenters. The third-order valence-corrected chi connectivity index (χ3v) is 3.65. The molecule has 0 radical (unpaired) electrons. The fraction of sp³-hybridized carbons (Fsp3) is 0.188. The van der Waals surface area contributed by atoms with E-state index in [2.05, 4.69) is 27.9 Å². The topological polar surface area (TPSA) is 38.3 Å². The quantitative estimate of drug-likeness (QED) is 0.722. The second-order valence-corrected chi connectivity index (χ2v) is 5.96. The second kappa shape index (κ2) is 7.67. The van der Waals surface area contributed by atoms with Gasteiger partial charge >= 0.3 is 6.18 Å². The first-order valence-electron chi connectivity index (χ1n) is 6.66. The molecule has 122 valence electrons. The van der Waals surface area contributed by atoms with Crippen molar-refractivity contribution in [1.29, 1.82) is 0 Å². The number of hydrogen-bond acceptors (Lipinski definition) is 2. The van der Waals surface area contributed by atoms with Gasteiger partial charge in [0.05, 0.1) is 5.56 Å². The van der Waals surface area contributed by atoms with Crippen LogP contribution in [0.25, 0.3) is 0 Å². The van der Waals surface area contributed by atoms with E-state index < -0.39 is 17.6 Å². The number of rotatable bonds is 5. The number of amides is 1. The Labute approximate surface area is 145 Å². The summed E-state index contributed by atoms with van der Waals surface area (Å²) in [6.07, 6.45) is -4.39. The molecule has 0 aromatic heterocycles. The summed E-state index contributed by atoms with van der Waals surface area (Å²) >= 11 is 2.15. The molecule has 2 aromatic carbocycles. The molecule has 0 fully saturated rings. The van der Waals surface area contributed by atoms with Crippen LogP contribution >= 0.6 is 22.6 Å². The zero-order valence-corrected chi connectivity index (χ0v) is 14.0. The summed E-state index contributed by atoms with van der Waals surface area (Å²) in [6, 6.07) is 12.0. The van der Waals surface area contributed by atoms with Gasteiger partial charge in [0.1, 0.15) is 5.75 Å². The van der Waals surface area contributed by atoms with Crippen LogP contribution < -0.4 is 10.1 Å². The summed E-state index contributed by atoms with van der Waals surface area (Å²) in [5, 5.41) is 2.53. The Bertz CT molecular complexity index is 672. The van der Waals surface area contributed by atoms with E-state index in [1.807, 2.05) is 12.1 Å². The van der Waals surface area contributed by atoms with Crippen LogP contribution in [-0.2, 0) is 17.5 Å². The van der Waals surface area contributed by atoms with Crippen molar-refractivity contribution in [2.45, 2.75) is 12.7 Å². The fourth-order valence-electron chi connectivity index (χ4n) is 1.79. The average molecular weight is 435 g/mol. The van der Waals surface area contributed by atoms with Crippen LogP contribution in [0.3, 0.4) is 0 Å². The van der Waals surface area contributed by atoms with Crippen LogP contribution in [0.1, 0.15) is 11.1 Å². The minimum atomic E-state index is -4.39. The van der Waals surface area contributed by atoms with E-state index in [0.717, 1.165) is 15.7 Å². The molecule has 0 bridgehead atoms. The molecule has 0 aliphatic carbocycles. The van der Waals surface area contributed by atoms with Crippen molar-refractivity contribution < 1.29 is 22.7 Å². The Hall–Kier alpha value is -1.77. The smallest absolute Gasteiger partial charge is 0.416 e. The van der Waals surface area contributed by atoms with Gasteiger partial charge in [0.15, 0.2) is 6.61 Å². The third kappa shape index (κ3) is 5.74. The molecule has 1 N–H and O–H groups in total. The Balaban J connectivity index is 1.83. The summed E-state index contributed by atoms with van der Waals surface area (Å²) in [5.74, 6) is 0.153. The van der Waals surface area contributed by atoms with Crippen molar-refractivity contribution >= 4 is 28.5 Å². The lowest BCUT2D eigenvalue weighted by molar-refractivity contribution is -0.137. The van der Waals surface area contributed by atoms with E-state index in [-0.39, 0.29) is 13.2 Å². The largest absolute Gasteiger partial charge is 0.484 e. The van der Waals surface area contributed by atoms with E-state index in [1.54, 1.807) is 12.1 Å². The van der Waals surface area contributed by atoms with Crippen LogP contribution in [0.5, 0.6) is 5.75 Å². The van der Waals surface area contributed by atoms with Crippen molar-refractivity contribution in [3.8, 4) is 5.75 Å². The predicted molar refractivity (Wildman–Crippen MR) is 87.9 cm³/mol. The number of alkyl halides is 3. The van der Waals surface area contributed by atoms with Crippen molar-refractivity contribution in [2.75, 3.05) is 6.61 Å². The van der Waals surface area contributed by atoms with Gasteiger partial charge in [-0.1, -0.05) is 12.1 Å². The highest BCUT2D eigenvalue weighted by Crippen LogP contribution is 2.29. The van der Waals surface area contributed by atoms with Gasteiger partial charge in [-0.2, -0.15) is 13.2 Å². The molecule has 0 saturated heterocycles. The number of hydrogen-bond donors (Lipinski definition) is 1. The third-order valence-electron chi connectivity index (χ3n) is 2.93. The zero-order valence-electron chi connectivity index (χ0n) is 11.9. The molecule has 1 amide bonds. The lowest BCUT2D eigenvalue weighted by Crippen LogP contribution is -2.28.